The summed E-state index contributed by atoms with van der Waals surface area (Å²) < 4.78 is 31.1. The predicted molar refractivity (Wildman–Crippen MR) is 36.8 cm³/mol. The number of alkyl halides is 3. The smallest absolute Gasteiger partial charge is 0.172 e. The van der Waals surface area contributed by atoms with Crippen LogP contribution in [0.4, 0.5) is 13.2 Å². The van der Waals surface area contributed by atoms with Gasteiger partial charge in [0.2, 0.25) is 0 Å². The number of rotatable bonds is 2. The van der Waals surface area contributed by atoms with E-state index in [0.717, 1.165) is 6.42 Å². The molecule has 0 saturated heterocycles. The lowest BCUT2D eigenvalue weighted by molar-refractivity contribution is -0.110. The number of halogens is 3. The summed E-state index contributed by atoms with van der Waals surface area (Å²) in [7, 11) is 0. The summed E-state index contributed by atoms with van der Waals surface area (Å²) in [5.74, 6) is 0. The predicted octanol–water partition coefficient (Wildman–Crippen LogP) is 3.54. The van der Waals surface area contributed by atoms with Crippen molar-refractivity contribution in [2.24, 2.45) is 0 Å². The quantitative estimate of drug-likeness (QED) is 0.533. The standard InChI is InChI=1S/C5H10.C2H3F3/c1-3-5-4-2;1-2(3,4)5/h3H,1,4-5H2,2H3;1H3. The Labute approximate surface area is 59.7 Å². The molecule has 0 unspecified atom stereocenters. The van der Waals surface area contributed by atoms with Crippen LogP contribution in [-0.2, 0) is 0 Å². The molecule has 10 heavy (non-hydrogen) atoms. The Bertz CT molecular complexity index is 67.4. The number of allylic oxidation sites excluding steroid dienone is 1. The van der Waals surface area contributed by atoms with Gasteiger partial charge in [-0.15, -0.1) is 6.58 Å². The van der Waals surface area contributed by atoms with Crippen LogP contribution in [0.25, 0.3) is 0 Å². The monoisotopic (exact) mass is 154 g/mol. The van der Waals surface area contributed by atoms with Gasteiger partial charge in [0.25, 0.3) is 0 Å². The van der Waals surface area contributed by atoms with Crippen molar-refractivity contribution >= 4 is 0 Å². The molecule has 0 rings (SSSR count). The lowest BCUT2D eigenvalue weighted by Gasteiger charge is -1.88. The summed E-state index contributed by atoms with van der Waals surface area (Å²) in [5, 5.41) is 0. The van der Waals surface area contributed by atoms with E-state index in [0.29, 0.717) is 0 Å². The molecule has 0 aromatic carbocycles. The molecule has 0 N–H and O–H groups in total. The van der Waals surface area contributed by atoms with Crippen molar-refractivity contribution in [2.75, 3.05) is 0 Å². The maximum atomic E-state index is 10.4. The molecular weight excluding hydrogens is 141 g/mol. The van der Waals surface area contributed by atoms with E-state index in [1.807, 2.05) is 6.08 Å². The maximum Gasteiger partial charge on any atom is 0.386 e. The molecule has 0 nitrogen and oxygen atoms in total. The third-order valence-electron chi connectivity index (χ3n) is 0.493. The second kappa shape index (κ2) is 6.65. The van der Waals surface area contributed by atoms with Crippen LogP contribution in [0.2, 0.25) is 0 Å². The first-order valence-electron chi connectivity index (χ1n) is 3.09. The van der Waals surface area contributed by atoms with Gasteiger partial charge in [-0.1, -0.05) is 19.4 Å². The zero-order chi connectivity index (χ0) is 8.62. The first-order chi connectivity index (χ1) is 4.41. The molecule has 0 aromatic heterocycles. The Morgan fingerprint density at radius 1 is 1.40 bits per heavy atom. The Morgan fingerprint density at radius 3 is 1.70 bits per heavy atom. The van der Waals surface area contributed by atoms with Gasteiger partial charge in [0, 0.05) is 6.92 Å². The highest BCUT2D eigenvalue weighted by atomic mass is 19.4. The SMILES string of the molecule is C=CCCC.CC(F)(F)F. The first-order valence-corrected chi connectivity index (χ1v) is 3.09. The van der Waals surface area contributed by atoms with E-state index in [1.54, 1.807) is 0 Å². The minimum atomic E-state index is -4.00. The second-order valence-corrected chi connectivity index (χ2v) is 1.86. The molecule has 0 fully saturated rings. The first kappa shape index (κ1) is 12.2. The molecule has 0 atom stereocenters. The molecule has 0 aliphatic rings. The van der Waals surface area contributed by atoms with E-state index in [1.165, 1.54) is 6.42 Å². The minimum Gasteiger partial charge on any atom is -0.172 e. The van der Waals surface area contributed by atoms with Crippen LogP contribution in [-0.4, -0.2) is 6.18 Å². The van der Waals surface area contributed by atoms with Crippen molar-refractivity contribution in [1.29, 1.82) is 0 Å². The van der Waals surface area contributed by atoms with Gasteiger partial charge in [0.15, 0.2) is 0 Å². The topological polar surface area (TPSA) is 0 Å². The van der Waals surface area contributed by atoms with Gasteiger partial charge in [-0.05, 0) is 6.42 Å². The van der Waals surface area contributed by atoms with Gasteiger partial charge < -0.3 is 0 Å². The molecule has 0 aromatic rings. The van der Waals surface area contributed by atoms with Crippen LogP contribution in [0, 0.1) is 0 Å². The van der Waals surface area contributed by atoms with Crippen molar-refractivity contribution < 1.29 is 13.2 Å². The van der Waals surface area contributed by atoms with Crippen LogP contribution < -0.4 is 0 Å². The number of unbranched alkanes of at least 4 members (excludes halogenated alkanes) is 1. The summed E-state index contributed by atoms with van der Waals surface area (Å²) in [6.07, 6.45) is 0.309. The Morgan fingerprint density at radius 2 is 1.70 bits per heavy atom. The molecule has 0 amide bonds. The highest BCUT2D eigenvalue weighted by molar-refractivity contribution is 4.63. The number of hydrogen-bond donors (Lipinski definition) is 0. The maximum absolute atomic E-state index is 10.4. The molecule has 62 valence electrons. The van der Waals surface area contributed by atoms with E-state index >= 15 is 0 Å². The van der Waals surface area contributed by atoms with Crippen LogP contribution in [0.15, 0.2) is 12.7 Å². The summed E-state index contributed by atoms with van der Waals surface area (Å²) in [5.41, 5.74) is 0. The van der Waals surface area contributed by atoms with E-state index in [-0.39, 0.29) is 6.92 Å². The van der Waals surface area contributed by atoms with Gasteiger partial charge in [-0.2, -0.15) is 13.2 Å². The van der Waals surface area contributed by atoms with E-state index in [2.05, 4.69) is 13.5 Å². The van der Waals surface area contributed by atoms with Gasteiger partial charge in [0.05, 0.1) is 0 Å². The van der Waals surface area contributed by atoms with Gasteiger partial charge in [-0.25, -0.2) is 0 Å². The molecule has 0 heterocycles. The third-order valence-corrected chi connectivity index (χ3v) is 0.493. The highest BCUT2D eigenvalue weighted by Crippen LogP contribution is 2.10. The summed E-state index contributed by atoms with van der Waals surface area (Å²) >= 11 is 0. The fourth-order valence-corrected chi connectivity index (χ4v) is 0.204. The second-order valence-electron chi connectivity index (χ2n) is 1.86. The summed E-state index contributed by atoms with van der Waals surface area (Å²) in [6.45, 7) is 5.88. The van der Waals surface area contributed by atoms with Crippen molar-refractivity contribution in [1.82, 2.24) is 0 Å². The van der Waals surface area contributed by atoms with Crippen molar-refractivity contribution in [3.8, 4) is 0 Å². The van der Waals surface area contributed by atoms with Crippen molar-refractivity contribution in [3.63, 3.8) is 0 Å². The van der Waals surface area contributed by atoms with Gasteiger partial charge in [-0.3, -0.25) is 0 Å². The van der Waals surface area contributed by atoms with E-state index < -0.39 is 6.18 Å². The van der Waals surface area contributed by atoms with Crippen LogP contribution in [0.5, 0.6) is 0 Å². The lowest BCUT2D eigenvalue weighted by atomic mass is 10.3. The van der Waals surface area contributed by atoms with Gasteiger partial charge in [0.1, 0.15) is 0 Å². The molecule has 0 radical (unpaired) electrons. The van der Waals surface area contributed by atoms with Crippen LogP contribution >= 0.6 is 0 Å². The van der Waals surface area contributed by atoms with Crippen LogP contribution in [0.3, 0.4) is 0 Å². The molecule has 0 saturated carbocycles. The fourth-order valence-electron chi connectivity index (χ4n) is 0.204. The average molecular weight is 154 g/mol. The largest absolute Gasteiger partial charge is 0.386 e. The van der Waals surface area contributed by atoms with Gasteiger partial charge >= 0.3 is 6.18 Å². The molecule has 0 spiro atoms. The van der Waals surface area contributed by atoms with E-state index in [4.69, 9.17) is 0 Å². The fraction of sp³-hybridized carbons (Fsp3) is 0.714. The highest BCUT2D eigenvalue weighted by Gasteiger charge is 2.15. The minimum absolute atomic E-state index is 0.188. The third kappa shape index (κ3) is 137. The average Bonchev–Trinajstić information content (AvgIpc) is 1.63. The molecule has 3 heteroatoms. The molecule has 0 aliphatic carbocycles. The zero-order valence-corrected chi connectivity index (χ0v) is 6.33. The molecule has 0 aliphatic heterocycles. The zero-order valence-electron chi connectivity index (χ0n) is 6.33. The Kier molecular flexibility index (Phi) is 8.13. The summed E-state index contributed by atoms with van der Waals surface area (Å²) in [6, 6.07) is 0. The number of hydrogen-bond acceptors (Lipinski definition) is 0. The van der Waals surface area contributed by atoms with Crippen molar-refractivity contribution in [3.05, 3.63) is 12.7 Å². The lowest BCUT2D eigenvalue weighted by Crippen LogP contribution is -1.95. The molecule has 0 bridgehead atoms. The Balaban J connectivity index is 0. The molecular formula is C7H13F3. The Hall–Kier alpha value is -0.470. The summed E-state index contributed by atoms with van der Waals surface area (Å²) in [4.78, 5) is 0. The normalized spacial score (nSPS) is 9.70. The van der Waals surface area contributed by atoms with Crippen LogP contribution in [0.1, 0.15) is 26.7 Å². The van der Waals surface area contributed by atoms with Crippen molar-refractivity contribution in [2.45, 2.75) is 32.9 Å². The van der Waals surface area contributed by atoms with E-state index in [9.17, 15) is 13.2 Å².